The van der Waals surface area contributed by atoms with Crippen LogP contribution in [0.3, 0.4) is 0 Å². The van der Waals surface area contributed by atoms with Gasteiger partial charge in [0.05, 0.1) is 12.2 Å². The van der Waals surface area contributed by atoms with Crippen molar-refractivity contribution in [3.05, 3.63) is 35.2 Å². The Morgan fingerprint density at radius 1 is 1.50 bits per heavy atom. The van der Waals surface area contributed by atoms with Gasteiger partial charge in [-0.3, -0.25) is 4.99 Å². The van der Waals surface area contributed by atoms with Gasteiger partial charge in [0.15, 0.2) is 10.3 Å². The zero-order chi connectivity index (χ0) is 12.5. The number of benzene rings is 1. The maximum absolute atomic E-state index is 5.49. The fraction of sp³-hybridized carbons (Fsp3) is 0.167. The summed E-state index contributed by atoms with van der Waals surface area (Å²) in [5, 5.41) is 6.47. The lowest BCUT2D eigenvalue weighted by molar-refractivity contribution is 0.650. The fourth-order valence-corrected chi connectivity index (χ4v) is 3.13. The summed E-state index contributed by atoms with van der Waals surface area (Å²) in [6.45, 7) is 1.84. The molecule has 0 bridgehead atoms. The van der Waals surface area contributed by atoms with E-state index in [-0.39, 0.29) is 5.11 Å². The van der Waals surface area contributed by atoms with E-state index in [1.54, 1.807) is 11.8 Å². The van der Waals surface area contributed by atoms with Gasteiger partial charge in [0, 0.05) is 23.2 Å². The molecule has 18 heavy (non-hydrogen) atoms. The topological polar surface area (TPSA) is 53.6 Å². The van der Waals surface area contributed by atoms with Gasteiger partial charge in [-0.05, 0) is 24.4 Å². The number of rotatable bonds is 2. The SMILES string of the molecule is NC(=S)Nc1cccc(C2=CSC3=NCCN23)c1. The largest absolute Gasteiger partial charge is 0.376 e. The Balaban J connectivity index is 1.89. The van der Waals surface area contributed by atoms with E-state index in [4.69, 9.17) is 18.0 Å². The molecule has 1 aromatic carbocycles. The molecule has 2 aliphatic rings. The number of fused-ring (bicyclic) bond motifs is 1. The van der Waals surface area contributed by atoms with Gasteiger partial charge in [0.25, 0.3) is 0 Å². The second-order valence-corrected chi connectivity index (χ2v) is 5.28. The van der Waals surface area contributed by atoms with Gasteiger partial charge in [0.2, 0.25) is 0 Å². The molecule has 0 saturated heterocycles. The Hall–Kier alpha value is -1.53. The minimum atomic E-state index is 0.283. The highest BCUT2D eigenvalue weighted by molar-refractivity contribution is 8.16. The summed E-state index contributed by atoms with van der Waals surface area (Å²) in [5.41, 5.74) is 8.74. The van der Waals surface area contributed by atoms with Crippen molar-refractivity contribution in [3.8, 4) is 0 Å². The molecule has 3 rings (SSSR count). The van der Waals surface area contributed by atoms with Crippen LogP contribution >= 0.6 is 24.0 Å². The van der Waals surface area contributed by atoms with E-state index in [0.29, 0.717) is 0 Å². The second kappa shape index (κ2) is 4.62. The molecule has 0 saturated carbocycles. The van der Waals surface area contributed by atoms with Gasteiger partial charge < -0.3 is 16.0 Å². The van der Waals surface area contributed by atoms with Crippen molar-refractivity contribution < 1.29 is 0 Å². The third-order valence-corrected chi connectivity index (χ3v) is 3.80. The zero-order valence-corrected chi connectivity index (χ0v) is 11.2. The maximum atomic E-state index is 5.49. The Morgan fingerprint density at radius 3 is 3.22 bits per heavy atom. The molecule has 0 radical (unpaired) electrons. The standard InChI is InChI=1S/C12H12N4S2/c13-11(17)15-9-3-1-2-8(6-9)10-7-18-12-14-4-5-16(10)12/h1-3,6-7H,4-5H2,(H3,13,15,17). The lowest BCUT2D eigenvalue weighted by Gasteiger charge is -2.17. The minimum absolute atomic E-state index is 0.283. The first-order chi connectivity index (χ1) is 8.74. The lowest BCUT2D eigenvalue weighted by atomic mass is 10.1. The smallest absolute Gasteiger partial charge is 0.168 e. The van der Waals surface area contributed by atoms with Gasteiger partial charge in [-0.2, -0.15) is 0 Å². The average Bonchev–Trinajstić information content (AvgIpc) is 2.89. The fourth-order valence-electron chi connectivity index (χ4n) is 2.05. The lowest BCUT2D eigenvalue weighted by Crippen LogP contribution is -2.21. The molecule has 2 aliphatic heterocycles. The zero-order valence-electron chi connectivity index (χ0n) is 9.59. The molecule has 1 aromatic rings. The van der Waals surface area contributed by atoms with Crippen molar-refractivity contribution >= 4 is 45.6 Å². The van der Waals surface area contributed by atoms with E-state index in [9.17, 15) is 0 Å². The number of amidine groups is 1. The van der Waals surface area contributed by atoms with Crippen LogP contribution in [0.25, 0.3) is 5.70 Å². The normalized spacial score (nSPS) is 17.2. The number of hydrogen-bond acceptors (Lipinski definition) is 4. The molecule has 92 valence electrons. The van der Waals surface area contributed by atoms with Gasteiger partial charge in [-0.15, -0.1) is 0 Å². The number of thiocarbonyl (C=S) groups is 1. The molecule has 6 heteroatoms. The molecule has 0 amide bonds. The summed E-state index contributed by atoms with van der Waals surface area (Å²) in [4.78, 5) is 6.68. The van der Waals surface area contributed by atoms with Crippen molar-refractivity contribution in [1.82, 2.24) is 4.90 Å². The third-order valence-electron chi connectivity index (χ3n) is 2.79. The van der Waals surface area contributed by atoms with E-state index >= 15 is 0 Å². The monoisotopic (exact) mass is 276 g/mol. The number of nitrogens with zero attached hydrogens (tertiary/aromatic N) is 2. The number of nitrogens with two attached hydrogens (primary N) is 1. The molecule has 0 unspecified atom stereocenters. The Kier molecular flexibility index (Phi) is 2.97. The molecule has 4 nitrogen and oxygen atoms in total. The molecule has 2 heterocycles. The molecule has 0 fully saturated rings. The van der Waals surface area contributed by atoms with E-state index in [1.807, 2.05) is 18.2 Å². The summed E-state index contributed by atoms with van der Waals surface area (Å²) in [6, 6.07) is 8.07. The van der Waals surface area contributed by atoms with Crippen molar-refractivity contribution in [2.24, 2.45) is 10.7 Å². The molecule has 0 spiro atoms. The van der Waals surface area contributed by atoms with Crippen LogP contribution in [-0.2, 0) is 0 Å². The molecule has 0 aromatic heterocycles. The molecule has 0 aliphatic carbocycles. The Bertz CT molecular complexity index is 565. The number of nitrogens with one attached hydrogen (secondary N) is 1. The van der Waals surface area contributed by atoms with E-state index in [0.717, 1.165) is 29.5 Å². The number of thioether (sulfide) groups is 1. The Morgan fingerprint density at radius 2 is 2.39 bits per heavy atom. The van der Waals surface area contributed by atoms with Crippen LogP contribution in [0.4, 0.5) is 5.69 Å². The van der Waals surface area contributed by atoms with Crippen LogP contribution in [0.2, 0.25) is 0 Å². The van der Waals surface area contributed by atoms with Gasteiger partial charge in [-0.25, -0.2) is 0 Å². The highest BCUT2D eigenvalue weighted by Gasteiger charge is 2.26. The van der Waals surface area contributed by atoms with Crippen LogP contribution < -0.4 is 11.1 Å². The van der Waals surface area contributed by atoms with Crippen LogP contribution in [0.5, 0.6) is 0 Å². The highest BCUT2D eigenvalue weighted by Crippen LogP contribution is 2.35. The first-order valence-corrected chi connectivity index (χ1v) is 6.88. The number of anilines is 1. The van der Waals surface area contributed by atoms with Gasteiger partial charge in [-0.1, -0.05) is 23.9 Å². The maximum Gasteiger partial charge on any atom is 0.168 e. The summed E-state index contributed by atoms with van der Waals surface area (Å²) < 4.78 is 0. The average molecular weight is 276 g/mol. The van der Waals surface area contributed by atoms with Crippen molar-refractivity contribution in [1.29, 1.82) is 0 Å². The van der Waals surface area contributed by atoms with Crippen molar-refractivity contribution in [2.75, 3.05) is 18.4 Å². The van der Waals surface area contributed by atoms with Gasteiger partial charge in [0.1, 0.15) is 0 Å². The summed E-state index contributed by atoms with van der Waals surface area (Å²) in [7, 11) is 0. The van der Waals surface area contributed by atoms with Crippen LogP contribution in [0.1, 0.15) is 5.56 Å². The van der Waals surface area contributed by atoms with Crippen molar-refractivity contribution in [2.45, 2.75) is 0 Å². The number of aliphatic imine (C=N–C) groups is 1. The quantitative estimate of drug-likeness (QED) is 0.810. The first-order valence-electron chi connectivity index (χ1n) is 5.60. The minimum Gasteiger partial charge on any atom is -0.376 e. The van der Waals surface area contributed by atoms with Crippen LogP contribution in [0.15, 0.2) is 34.7 Å². The first kappa shape index (κ1) is 11.6. The summed E-state index contributed by atoms with van der Waals surface area (Å²) in [5.74, 6) is 0. The van der Waals surface area contributed by atoms with E-state index in [2.05, 4.69) is 26.7 Å². The van der Waals surface area contributed by atoms with Crippen LogP contribution in [-0.4, -0.2) is 28.3 Å². The van der Waals surface area contributed by atoms with E-state index in [1.165, 1.54) is 5.70 Å². The molecule has 3 N–H and O–H groups in total. The predicted molar refractivity (Wildman–Crippen MR) is 81.4 cm³/mol. The molecular weight excluding hydrogens is 264 g/mol. The number of hydrogen-bond donors (Lipinski definition) is 2. The summed E-state index contributed by atoms with van der Waals surface area (Å²) >= 11 is 6.53. The van der Waals surface area contributed by atoms with Crippen LogP contribution in [0, 0.1) is 0 Å². The second-order valence-electron chi connectivity index (χ2n) is 4.01. The molecule has 0 atom stereocenters. The molecular formula is C12H12N4S2. The highest BCUT2D eigenvalue weighted by atomic mass is 32.2. The van der Waals surface area contributed by atoms with Crippen molar-refractivity contribution in [3.63, 3.8) is 0 Å². The van der Waals surface area contributed by atoms with E-state index < -0.39 is 0 Å². The third kappa shape index (κ3) is 2.09. The summed E-state index contributed by atoms with van der Waals surface area (Å²) in [6.07, 6.45) is 0. The predicted octanol–water partition coefficient (Wildman–Crippen LogP) is 2.06. The van der Waals surface area contributed by atoms with Gasteiger partial charge >= 0.3 is 0 Å². The Labute approximate surface area is 115 Å².